The van der Waals surface area contributed by atoms with Crippen LogP contribution in [0.5, 0.6) is 23.0 Å². The number of aliphatic carboxylic acids is 1. The molecule has 6 aromatic carbocycles. The Kier molecular flexibility index (Phi) is 26.9. The average molecular weight is 1560 g/mol. The molecule has 3 atom stereocenters. The Bertz CT molecular complexity index is 4840. The average Bonchev–Trinajstić information content (AvgIpc) is 1.63. The van der Waals surface area contributed by atoms with Crippen LogP contribution in [0.1, 0.15) is 138 Å². The van der Waals surface area contributed by atoms with Gasteiger partial charge in [-0.25, -0.2) is 9.97 Å². The lowest BCUT2D eigenvalue weighted by molar-refractivity contribution is -0.137. The van der Waals surface area contributed by atoms with Gasteiger partial charge in [-0.3, -0.25) is 58.1 Å². The first-order valence-electron chi connectivity index (χ1n) is 35.0. The molecule has 6 heterocycles. The maximum Gasteiger partial charge on any atom is 0.303 e. The number of aryl methyl sites for hydroxylation is 2. The molecule has 0 bridgehead atoms. The number of carboxylic acid groups (broad SMARTS) is 1. The minimum atomic E-state index is -0.867. The Morgan fingerprint density at radius 2 is 1.09 bits per heavy atom. The summed E-state index contributed by atoms with van der Waals surface area (Å²) < 4.78 is 25.5. The van der Waals surface area contributed by atoms with Crippen LogP contribution in [0, 0.1) is 0 Å². The summed E-state index contributed by atoms with van der Waals surface area (Å²) in [5.41, 5.74) is 14.1. The number of aliphatic imine (C=N–C) groups is 2. The number of aromatic nitrogens is 4. The minimum Gasteiger partial charge on any atom is -0.493 e. The van der Waals surface area contributed by atoms with Crippen molar-refractivity contribution in [3.8, 4) is 23.0 Å². The van der Waals surface area contributed by atoms with Gasteiger partial charge in [-0.1, -0.05) is 93.4 Å². The molecule has 4 aliphatic heterocycles. The number of para-hydroxylation sites is 2. The van der Waals surface area contributed by atoms with Crippen molar-refractivity contribution in [2.75, 3.05) is 73.9 Å². The maximum atomic E-state index is 13.6. The van der Waals surface area contributed by atoms with E-state index in [4.69, 9.17) is 41.0 Å². The summed E-state index contributed by atoms with van der Waals surface area (Å²) in [6, 6.07) is 36.3. The van der Waals surface area contributed by atoms with Crippen molar-refractivity contribution in [1.82, 2.24) is 40.4 Å². The predicted octanol–water partition coefficient (Wildman–Crippen LogP) is 10.3. The number of carbonyl (C=O) groups excluding carboxylic acids is 7. The molecule has 4 aliphatic rings. The monoisotopic (exact) mass is 1560 g/mol. The molecule has 0 saturated heterocycles. The van der Waals surface area contributed by atoms with Gasteiger partial charge in [-0.05, 0) is 124 Å². The lowest BCUT2D eigenvalue weighted by Gasteiger charge is -2.24. The summed E-state index contributed by atoms with van der Waals surface area (Å²) in [5.74, 6) is 0.0319. The third-order valence-electron chi connectivity index (χ3n) is 18.0. The fourth-order valence-electron chi connectivity index (χ4n) is 12.2. The number of anilines is 4. The number of nitrogens with two attached hydrogens (primary N) is 1. The minimum absolute atomic E-state index is 0.0277. The highest BCUT2D eigenvalue weighted by Gasteiger charge is 2.39. The quantitative estimate of drug-likeness (QED) is 0.0177. The first-order chi connectivity index (χ1) is 52.1. The van der Waals surface area contributed by atoms with Crippen molar-refractivity contribution in [2.24, 2.45) is 24.1 Å². The van der Waals surface area contributed by atoms with E-state index in [9.17, 15) is 38.4 Å². The van der Waals surface area contributed by atoms with E-state index >= 15 is 0 Å². The van der Waals surface area contributed by atoms with E-state index in [0.717, 1.165) is 40.0 Å². The summed E-state index contributed by atoms with van der Waals surface area (Å²) in [6.07, 6.45) is 13.1. The fraction of sp³-hybridized carbons (Fsp3) is 0.333. The van der Waals surface area contributed by atoms with Gasteiger partial charge < -0.3 is 65.5 Å². The number of benzene rings is 6. The van der Waals surface area contributed by atoms with Crippen molar-refractivity contribution in [1.29, 1.82) is 0 Å². The second-order valence-electron chi connectivity index (χ2n) is 27.1. The molecule has 572 valence electrons. The number of nitrogen functional groups attached to an aromatic ring is 1. The highest BCUT2D eigenvalue weighted by Crippen LogP contribution is 2.43. The normalized spacial score (nSPS) is 14.6. The predicted molar refractivity (Wildman–Crippen MR) is 430 cm³/mol. The standard InChI is InChI=1S/C39H43N7O6S2.C21H20N2O5.C18H25N5O2S2/c1-39(2,54(5)53)23-42-36(48)26-12-8-10-24(16-26)20-41-37(49)35-44-33(22-45(35)3)43-34(47)14-9-15-52-32-19-29-28(18-31(32)51-4)38(50)46-27(21-40-29)17-25-11-6-7-13-30(25)46;1-27-18-10-15-16(11-19(18)28-8-4-7-20(24)25)22-12-14-9-13-5-2-3-6-17(13)23(14)21(15)26;1-18(2,27-26-4)11-21-16(24)13-7-5-6-12(8-13)9-20-17(25)15-22-14(19)10-23(15)3/h6-8,10-13,16,18-19,21-22,27H,9,14-15,17,20,23H2,1-5H3,(H,41,49)(H,42,48)(H,43,47);2-3,5-6,10-12,14H,4,7-9H2,1H3,(H,24,25);5-8,10H,9,11,19H2,1-4H3,(H,20,25)(H,21,24)/t27-,54?;14-;/m00./s1. The summed E-state index contributed by atoms with van der Waals surface area (Å²) in [7, 11) is 9.50. The number of nitrogens with zero attached hydrogens (tertiary/aromatic N) is 8. The molecule has 0 fully saturated rings. The van der Waals surface area contributed by atoms with Crippen LogP contribution in [-0.2, 0) is 70.3 Å². The van der Waals surface area contributed by atoms with Gasteiger partial charge in [-0.15, -0.1) is 9.45 Å². The van der Waals surface area contributed by atoms with Gasteiger partial charge in [0.1, 0.15) is 5.82 Å². The van der Waals surface area contributed by atoms with E-state index in [2.05, 4.69) is 60.4 Å². The van der Waals surface area contributed by atoms with Gasteiger partial charge in [0.2, 0.25) is 17.6 Å². The molecule has 109 heavy (non-hydrogen) atoms. The number of ether oxygens (including phenoxy) is 4. The van der Waals surface area contributed by atoms with Crippen LogP contribution in [0.4, 0.5) is 34.4 Å². The number of carbonyl (C=O) groups is 8. The molecule has 2 aromatic heterocycles. The van der Waals surface area contributed by atoms with Crippen LogP contribution >= 0.6 is 21.6 Å². The van der Waals surface area contributed by atoms with Crippen molar-refractivity contribution >= 4 is 136 Å². The molecule has 8 aromatic rings. The number of hydrogen-bond donors (Lipinski definition) is 7. The molecule has 12 rings (SSSR count). The van der Waals surface area contributed by atoms with Crippen LogP contribution in [-0.4, -0.2) is 159 Å². The number of imidazole rings is 2. The SMILES string of the molecule is COc1cc2c(cc1OCCCC(=O)Nc1cn(C)c(C(=O)NCc3cccc(C(=O)NCC(C)(C)S(C)=S)c3)n1)N=C[C@@H]1Cc3ccccc3N1C2=O.COc1cc2c(cc1OCCCC(=O)O)N=C[C@@H]1Cc3ccccc3N1C2=O.CSSC(C)(C)CNC(=O)c1cccc(CNC(=O)c2nc(N)cn2C)c1. The molecule has 0 spiro atoms. The Morgan fingerprint density at radius 3 is 1.56 bits per heavy atom. The summed E-state index contributed by atoms with van der Waals surface area (Å²) in [6.45, 7) is 10.2. The van der Waals surface area contributed by atoms with Crippen LogP contribution in [0.3, 0.4) is 0 Å². The van der Waals surface area contributed by atoms with E-state index < -0.39 is 11.9 Å². The lowest BCUT2D eigenvalue weighted by Crippen LogP contribution is -2.40. The first kappa shape index (κ1) is 80.6. The van der Waals surface area contributed by atoms with Gasteiger partial charge in [0.15, 0.2) is 28.8 Å². The highest BCUT2D eigenvalue weighted by atomic mass is 33.1. The van der Waals surface area contributed by atoms with Gasteiger partial charge in [0, 0.05) is 135 Å². The number of nitrogens with one attached hydrogen (secondary N) is 5. The molecule has 27 nitrogen and oxygen atoms in total. The number of fused-ring (bicyclic) bond motifs is 8. The number of methoxy groups -OCH3 is 2. The van der Waals surface area contributed by atoms with Crippen LogP contribution in [0.15, 0.2) is 144 Å². The van der Waals surface area contributed by atoms with E-state index in [1.165, 1.54) is 18.8 Å². The van der Waals surface area contributed by atoms with Crippen LogP contribution < -0.4 is 61.1 Å². The molecule has 31 heteroatoms. The second-order valence-corrected chi connectivity index (χ2v) is 33.7. The molecule has 0 saturated carbocycles. The molecule has 7 amide bonds. The Morgan fingerprint density at radius 1 is 0.615 bits per heavy atom. The molecule has 1 unspecified atom stereocenters. The zero-order chi connectivity index (χ0) is 78.3. The third-order valence-corrected chi connectivity index (χ3v) is 23.7. The maximum absolute atomic E-state index is 13.6. The number of hydrogen-bond acceptors (Lipinski definition) is 20. The zero-order valence-corrected chi connectivity index (χ0v) is 65.4. The second kappa shape index (κ2) is 36.3. The largest absolute Gasteiger partial charge is 0.493 e. The fourth-order valence-corrected chi connectivity index (χ4v) is 14.7. The van der Waals surface area contributed by atoms with Gasteiger partial charge in [-0.2, -0.15) is 0 Å². The van der Waals surface area contributed by atoms with Gasteiger partial charge >= 0.3 is 5.97 Å². The highest BCUT2D eigenvalue weighted by molar-refractivity contribution is 8.77. The number of carboxylic acids is 1. The summed E-state index contributed by atoms with van der Waals surface area (Å²) >= 11 is 5.40. The molecule has 0 radical (unpaired) electrons. The third kappa shape index (κ3) is 20.5. The topological polar surface area (TPSA) is 347 Å². The van der Waals surface area contributed by atoms with E-state index in [1.54, 1.807) is 136 Å². The van der Waals surface area contributed by atoms with E-state index in [-0.39, 0.29) is 117 Å². The summed E-state index contributed by atoms with van der Waals surface area (Å²) in [5, 5.41) is 23.0. The Hall–Kier alpha value is -10.9. The van der Waals surface area contributed by atoms with Crippen molar-refractivity contribution in [2.45, 2.75) is 101 Å². The van der Waals surface area contributed by atoms with Crippen molar-refractivity contribution in [3.05, 3.63) is 190 Å². The van der Waals surface area contributed by atoms with Gasteiger partial charge in [0.25, 0.3) is 35.4 Å². The molecular formula is C78H88N14O13S4. The summed E-state index contributed by atoms with van der Waals surface area (Å²) in [4.78, 5) is 122. The molecule has 0 aliphatic carbocycles. The Labute approximate surface area is 647 Å². The lowest BCUT2D eigenvalue weighted by atomic mass is 10.1. The zero-order valence-electron chi connectivity index (χ0n) is 62.1. The van der Waals surface area contributed by atoms with Crippen LogP contribution in [0.25, 0.3) is 0 Å². The van der Waals surface area contributed by atoms with E-state index in [0.29, 0.717) is 101 Å². The Balaban J connectivity index is 0.000000193. The van der Waals surface area contributed by atoms with Gasteiger partial charge in [0.05, 0.1) is 62.0 Å². The van der Waals surface area contributed by atoms with Crippen molar-refractivity contribution in [3.63, 3.8) is 0 Å². The number of rotatable bonds is 28. The smallest absolute Gasteiger partial charge is 0.303 e. The van der Waals surface area contributed by atoms with Crippen molar-refractivity contribution < 1.29 is 62.4 Å². The molecular weight excluding hydrogens is 1470 g/mol. The number of amides is 7. The van der Waals surface area contributed by atoms with E-state index in [1.807, 2.05) is 87.0 Å². The molecule has 8 N–H and O–H groups in total. The van der Waals surface area contributed by atoms with Crippen LogP contribution in [0.2, 0.25) is 0 Å². The first-order valence-corrected chi connectivity index (χ1v) is 40.1.